The summed E-state index contributed by atoms with van der Waals surface area (Å²) >= 11 is 11.6. The Kier molecular flexibility index (Phi) is 2.86. The Hall–Kier alpha value is -2.09. The van der Waals surface area contributed by atoms with Crippen LogP contribution in [0.25, 0.3) is 16.7 Å². The lowest BCUT2D eigenvalue weighted by Crippen LogP contribution is -1.95. The van der Waals surface area contributed by atoms with Crippen LogP contribution in [0.15, 0.2) is 42.5 Å². The summed E-state index contributed by atoms with van der Waals surface area (Å²) in [6, 6.07) is 15.0. The zero-order valence-corrected chi connectivity index (χ0v) is 11.3. The molecule has 0 aliphatic rings. The van der Waals surface area contributed by atoms with E-state index in [1.165, 1.54) is 0 Å². The van der Waals surface area contributed by atoms with Gasteiger partial charge in [0.1, 0.15) is 0 Å². The van der Waals surface area contributed by atoms with E-state index in [1.807, 2.05) is 28.8 Å². The van der Waals surface area contributed by atoms with Gasteiger partial charge in [0.05, 0.1) is 33.4 Å². The van der Waals surface area contributed by atoms with Crippen molar-refractivity contribution < 1.29 is 0 Å². The zero-order chi connectivity index (χ0) is 13.4. The number of hydrogen-bond donors (Lipinski definition) is 1. The molecule has 5 heteroatoms. The molecule has 0 unspecified atom stereocenters. The van der Waals surface area contributed by atoms with Gasteiger partial charge >= 0.3 is 0 Å². The van der Waals surface area contributed by atoms with E-state index < -0.39 is 0 Å². The Bertz CT molecular complexity index is 870. The van der Waals surface area contributed by atoms with E-state index in [9.17, 15) is 0 Å². The summed E-state index contributed by atoms with van der Waals surface area (Å²) in [5.41, 5.74) is 3.13. The van der Waals surface area contributed by atoms with Gasteiger partial charge in [0.15, 0.2) is 4.77 Å². The van der Waals surface area contributed by atoms with E-state index in [0.717, 1.165) is 11.0 Å². The Morgan fingerprint density at radius 1 is 1.21 bits per heavy atom. The number of rotatable bonds is 1. The van der Waals surface area contributed by atoms with Crippen LogP contribution in [0.4, 0.5) is 0 Å². The highest BCUT2D eigenvalue weighted by atomic mass is 35.5. The maximum Gasteiger partial charge on any atom is 0.182 e. The van der Waals surface area contributed by atoms with Crippen LogP contribution in [0.3, 0.4) is 0 Å². The number of H-pyrrole nitrogens is 1. The molecule has 0 amide bonds. The van der Waals surface area contributed by atoms with Crippen molar-refractivity contribution in [3.8, 4) is 11.8 Å². The first-order valence-corrected chi connectivity index (χ1v) is 6.39. The molecule has 0 saturated carbocycles. The molecule has 0 aliphatic carbocycles. The van der Waals surface area contributed by atoms with Crippen molar-refractivity contribution in [2.45, 2.75) is 0 Å². The summed E-state index contributed by atoms with van der Waals surface area (Å²) in [7, 11) is 0. The molecule has 19 heavy (non-hydrogen) atoms. The Morgan fingerprint density at radius 2 is 2.00 bits per heavy atom. The van der Waals surface area contributed by atoms with Crippen LogP contribution >= 0.6 is 23.8 Å². The lowest BCUT2D eigenvalue weighted by atomic mass is 10.2. The quantitative estimate of drug-likeness (QED) is 0.681. The maximum atomic E-state index is 9.00. The molecule has 1 heterocycles. The number of nitrogens with one attached hydrogen (secondary N) is 1. The molecule has 2 aromatic carbocycles. The van der Waals surface area contributed by atoms with Crippen molar-refractivity contribution >= 4 is 34.9 Å². The standard InChI is InChI=1S/C14H8ClN3S/c15-10-6-5-9(8-16)7-13(10)18-12-4-2-1-3-11(12)17-14(18)19/h1-7H,(H,17,19). The zero-order valence-electron chi connectivity index (χ0n) is 9.72. The molecule has 92 valence electrons. The number of hydrogen-bond acceptors (Lipinski definition) is 2. The van der Waals surface area contributed by atoms with Crippen LogP contribution in [0.1, 0.15) is 5.56 Å². The number of halogens is 1. The number of nitrogens with zero attached hydrogens (tertiary/aromatic N) is 2. The summed E-state index contributed by atoms with van der Waals surface area (Å²) in [6.45, 7) is 0. The van der Waals surface area contributed by atoms with Crippen molar-refractivity contribution in [3.05, 3.63) is 57.8 Å². The second kappa shape index (κ2) is 4.54. The van der Waals surface area contributed by atoms with Crippen molar-refractivity contribution in [2.75, 3.05) is 0 Å². The van der Waals surface area contributed by atoms with Crippen LogP contribution in [0.5, 0.6) is 0 Å². The molecule has 0 radical (unpaired) electrons. The SMILES string of the molecule is N#Cc1ccc(Cl)c(-n2c(=S)[nH]c3ccccc32)c1. The molecule has 3 nitrogen and oxygen atoms in total. The lowest BCUT2D eigenvalue weighted by Gasteiger charge is -2.07. The van der Waals surface area contributed by atoms with Gasteiger partial charge in [0.2, 0.25) is 0 Å². The molecule has 0 saturated heterocycles. The van der Waals surface area contributed by atoms with E-state index in [2.05, 4.69) is 11.1 Å². The van der Waals surface area contributed by atoms with Crippen molar-refractivity contribution in [2.24, 2.45) is 0 Å². The van der Waals surface area contributed by atoms with E-state index in [4.69, 9.17) is 29.1 Å². The molecule has 1 N–H and O–H groups in total. The molecule has 0 spiro atoms. The van der Waals surface area contributed by atoms with Gasteiger partial charge in [-0.25, -0.2) is 0 Å². The molecule has 3 aromatic rings. The number of aromatic nitrogens is 2. The predicted molar refractivity (Wildman–Crippen MR) is 78.2 cm³/mol. The minimum Gasteiger partial charge on any atom is -0.330 e. The summed E-state index contributed by atoms with van der Waals surface area (Å²) in [6.07, 6.45) is 0. The average Bonchev–Trinajstić information content (AvgIpc) is 2.75. The number of nitriles is 1. The van der Waals surface area contributed by atoms with E-state index >= 15 is 0 Å². The molecule has 0 bridgehead atoms. The molecule has 3 rings (SSSR count). The third kappa shape index (κ3) is 1.93. The molecule has 0 aliphatic heterocycles. The summed E-state index contributed by atoms with van der Waals surface area (Å²) < 4.78 is 2.39. The maximum absolute atomic E-state index is 9.00. The van der Waals surface area contributed by atoms with Gasteiger partial charge in [-0.3, -0.25) is 4.57 Å². The summed E-state index contributed by atoms with van der Waals surface area (Å²) in [5, 5.41) is 9.55. The first-order chi connectivity index (χ1) is 9.20. The minimum absolute atomic E-state index is 0.548. The third-order valence-corrected chi connectivity index (χ3v) is 3.51. The third-order valence-electron chi connectivity index (χ3n) is 2.91. The Labute approximate surface area is 119 Å². The number of benzene rings is 2. The fraction of sp³-hybridized carbons (Fsp3) is 0. The first kappa shape index (κ1) is 12.0. The van der Waals surface area contributed by atoms with Gasteiger partial charge in [-0.05, 0) is 42.5 Å². The summed E-state index contributed by atoms with van der Waals surface area (Å²) in [4.78, 5) is 3.13. The fourth-order valence-corrected chi connectivity index (χ4v) is 2.56. The van der Waals surface area contributed by atoms with E-state index in [1.54, 1.807) is 18.2 Å². The molecular formula is C14H8ClN3S. The summed E-state index contributed by atoms with van der Waals surface area (Å²) in [5.74, 6) is 0. The van der Waals surface area contributed by atoms with Gasteiger partial charge in [-0.2, -0.15) is 5.26 Å². The van der Waals surface area contributed by atoms with Crippen LogP contribution < -0.4 is 0 Å². The number of fused-ring (bicyclic) bond motifs is 1. The van der Waals surface area contributed by atoms with Gasteiger partial charge in [0.25, 0.3) is 0 Å². The topological polar surface area (TPSA) is 44.5 Å². The van der Waals surface area contributed by atoms with Crippen LogP contribution in [0, 0.1) is 16.1 Å². The Balaban J connectivity index is 2.40. The Morgan fingerprint density at radius 3 is 2.79 bits per heavy atom. The highest BCUT2D eigenvalue weighted by Gasteiger charge is 2.10. The van der Waals surface area contributed by atoms with Gasteiger partial charge in [-0.1, -0.05) is 23.7 Å². The monoisotopic (exact) mass is 285 g/mol. The van der Waals surface area contributed by atoms with Gasteiger partial charge in [-0.15, -0.1) is 0 Å². The number of imidazole rings is 1. The highest BCUT2D eigenvalue weighted by molar-refractivity contribution is 7.71. The van der Waals surface area contributed by atoms with Gasteiger partial charge in [0, 0.05) is 0 Å². The fourth-order valence-electron chi connectivity index (χ4n) is 2.05. The van der Waals surface area contributed by atoms with Crippen molar-refractivity contribution in [1.82, 2.24) is 9.55 Å². The first-order valence-electron chi connectivity index (χ1n) is 5.60. The predicted octanol–water partition coefficient (Wildman–Crippen LogP) is 4.21. The minimum atomic E-state index is 0.548. The lowest BCUT2D eigenvalue weighted by molar-refractivity contribution is 1.06. The molecule has 0 fully saturated rings. The van der Waals surface area contributed by atoms with Crippen LogP contribution in [-0.2, 0) is 0 Å². The number of aromatic amines is 1. The van der Waals surface area contributed by atoms with Crippen LogP contribution in [-0.4, -0.2) is 9.55 Å². The highest BCUT2D eigenvalue weighted by Crippen LogP contribution is 2.26. The van der Waals surface area contributed by atoms with Crippen molar-refractivity contribution in [3.63, 3.8) is 0 Å². The van der Waals surface area contributed by atoms with Gasteiger partial charge < -0.3 is 4.98 Å². The van der Waals surface area contributed by atoms with Crippen molar-refractivity contribution in [1.29, 1.82) is 5.26 Å². The number of para-hydroxylation sites is 2. The van der Waals surface area contributed by atoms with Crippen LogP contribution in [0.2, 0.25) is 5.02 Å². The van der Waals surface area contributed by atoms with E-state index in [-0.39, 0.29) is 0 Å². The average molecular weight is 286 g/mol. The second-order valence-electron chi connectivity index (χ2n) is 4.06. The molecular weight excluding hydrogens is 278 g/mol. The largest absolute Gasteiger partial charge is 0.330 e. The normalized spacial score (nSPS) is 10.5. The second-order valence-corrected chi connectivity index (χ2v) is 4.85. The smallest absolute Gasteiger partial charge is 0.182 e. The molecule has 0 atom stereocenters. The van der Waals surface area contributed by atoms with E-state index in [0.29, 0.717) is 21.0 Å². The molecule has 1 aromatic heterocycles.